The molecule has 4 N–H and O–H groups in total. The van der Waals surface area contributed by atoms with Crippen LogP contribution in [-0.4, -0.2) is 19.6 Å². The lowest BCUT2D eigenvalue weighted by Crippen LogP contribution is -3.08. The summed E-state index contributed by atoms with van der Waals surface area (Å²) in [5.41, 5.74) is 9.27. The second kappa shape index (κ2) is 5.89. The first-order chi connectivity index (χ1) is 11.6. The van der Waals surface area contributed by atoms with E-state index in [2.05, 4.69) is 18.1 Å². The second-order valence-corrected chi connectivity index (χ2v) is 7.22. The quantitative estimate of drug-likeness (QED) is 0.541. The molecule has 1 unspecified atom stereocenters. The lowest BCUT2D eigenvalue weighted by molar-refractivity contribution is -0.896. The number of thiophene rings is 1. The monoisotopic (exact) mass is 341 g/mol. The standard InChI is InChI=1S/C18H17N3O2S/c1-21-8-7-14-11(10-21)9-13-15(19)16(24-17(13)20-14)18(22)23-12-5-3-2-4-6-12/h2-6,9H,7-8,10,19H2,1H3/p+2. The van der Waals surface area contributed by atoms with Gasteiger partial charge in [0.05, 0.1) is 36.7 Å². The van der Waals surface area contributed by atoms with Crippen molar-refractivity contribution in [2.75, 3.05) is 19.3 Å². The number of nitrogen functional groups attached to an aromatic ring is 1. The Morgan fingerprint density at radius 2 is 2.12 bits per heavy atom. The molecule has 2 aromatic heterocycles. The van der Waals surface area contributed by atoms with Crippen molar-refractivity contribution in [1.29, 1.82) is 0 Å². The third kappa shape index (κ3) is 2.64. The molecule has 3 heterocycles. The van der Waals surface area contributed by atoms with Crippen LogP contribution in [0.1, 0.15) is 20.9 Å². The number of likely N-dealkylation sites (N-methyl/N-ethyl adjacent to an activating group) is 1. The summed E-state index contributed by atoms with van der Waals surface area (Å²) in [5.74, 6) is 0.113. The molecule has 0 saturated carbocycles. The van der Waals surface area contributed by atoms with Crippen molar-refractivity contribution < 1.29 is 19.4 Å². The number of fused-ring (bicyclic) bond motifs is 2. The van der Waals surface area contributed by atoms with Gasteiger partial charge in [-0.25, -0.2) is 4.79 Å². The van der Waals surface area contributed by atoms with Crippen molar-refractivity contribution in [3.05, 3.63) is 52.5 Å². The van der Waals surface area contributed by atoms with E-state index in [0.717, 1.165) is 29.7 Å². The number of esters is 1. The number of anilines is 1. The van der Waals surface area contributed by atoms with Gasteiger partial charge in [-0.3, -0.25) is 0 Å². The smallest absolute Gasteiger partial charge is 0.356 e. The van der Waals surface area contributed by atoms with Gasteiger partial charge in [0.1, 0.15) is 17.2 Å². The van der Waals surface area contributed by atoms with Crippen LogP contribution in [0, 0.1) is 0 Å². The molecule has 1 aliphatic rings. The van der Waals surface area contributed by atoms with E-state index in [1.54, 1.807) is 12.1 Å². The van der Waals surface area contributed by atoms with Gasteiger partial charge in [-0.15, -0.1) is 0 Å². The van der Waals surface area contributed by atoms with Crippen LogP contribution in [0.4, 0.5) is 5.69 Å². The normalized spacial score (nSPS) is 16.8. The maximum absolute atomic E-state index is 12.5. The molecule has 0 aliphatic carbocycles. The summed E-state index contributed by atoms with van der Waals surface area (Å²) in [7, 11) is 2.19. The highest BCUT2D eigenvalue weighted by Crippen LogP contribution is 2.33. The minimum absolute atomic E-state index is 0.408. The van der Waals surface area contributed by atoms with Gasteiger partial charge >= 0.3 is 5.97 Å². The lowest BCUT2D eigenvalue weighted by Gasteiger charge is -2.18. The predicted octanol–water partition coefficient (Wildman–Crippen LogP) is 1.09. The molecule has 1 aromatic carbocycles. The van der Waals surface area contributed by atoms with Gasteiger partial charge < -0.3 is 15.4 Å². The average molecular weight is 341 g/mol. The number of H-pyrrole nitrogens is 1. The molecule has 0 fully saturated rings. The maximum atomic E-state index is 12.5. The molecule has 0 spiro atoms. The molecule has 3 aromatic rings. The van der Waals surface area contributed by atoms with Gasteiger partial charge in [-0.2, -0.15) is 4.98 Å². The molecule has 0 saturated heterocycles. The van der Waals surface area contributed by atoms with Crippen molar-refractivity contribution in [2.45, 2.75) is 13.0 Å². The number of quaternary nitrogens is 1. The molecule has 4 rings (SSSR count). The van der Waals surface area contributed by atoms with E-state index in [4.69, 9.17) is 10.5 Å². The van der Waals surface area contributed by atoms with E-state index in [0.29, 0.717) is 16.3 Å². The summed E-state index contributed by atoms with van der Waals surface area (Å²) in [6, 6.07) is 11.2. The third-order valence-corrected chi connectivity index (χ3v) is 5.50. The Bertz CT molecular complexity index is 921. The summed E-state index contributed by atoms with van der Waals surface area (Å²) in [5, 5.41) is 0.911. The number of aromatic nitrogens is 1. The van der Waals surface area contributed by atoms with Crippen LogP contribution in [0.2, 0.25) is 0 Å². The summed E-state index contributed by atoms with van der Waals surface area (Å²) in [4.78, 5) is 18.8. The Morgan fingerprint density at radius 1 is 1.33 bits per heavy atom. The number of pyridine rings is 1. The number of aromatic amines is 1. The molecule has 0 amide bonds. The fourth-order valence-electron chi connectivity index (χ4n) is 3.10. The van der Waals surface area contributed by atoms with Crippen molar-refractivity contribution in [1.82, 2.24) is 0 Å². The summed E-state index contributed by atoms with van der Waals surface area (Å²) >= 11 is 1.36. The van der Waals surface area contributed by atoms with Crippen LogP contribution >= 0.6 is 11.3 Å². The summed E-state index contributed by atoms with van der Waals surface area (Å²) < 4.78 is 5.43. The van der Waals surface area contributed by atoms with Gasteiger partial charge in [0.15, 0.2) is 5.69 Å². The van der Waals surface area contributed by atoms with Gasteiger partial charge in [-0.05, 0) is 18.2 Å². The van der Waals surface area contributed by atoms with Crippen LogP contribution in [0.3, 0.4) is 0 Å². The van der Waals surface area contributed by atoms with Crippen LogP contribution in [0.25, 0.3) is 10.2 Å². The van der Waals surface area contributed by atoms with E-state index in [9.17, 15) is 4.79 Å². The zero-order chi connectivity index (χ0) is 16.7. The van der Waals surface area contributed by atoms with Crippen LogP contribution in [-0.2, 0) is 13.0 Å². The third-order valence-electron chi connectivity index (χ3n) is 4.39. The second-order valence-electron chi connectivity index (χ2n) is 6.20. The zero-order valence-electron chi connectivity index (χ0n) is 13.4. The van der Waals surface area contributed by atoms with E-state index < -0.39 is 5.97 Å². The Kier molecular flexibility index (Phi) is 3.70. The molecular formula is C18H19N3O2S+2. The predicted molar refractivity (Wildman–Crippen MR) is 93.4 cm³/mol. The lowest BCUT2D eigenvalue weighted by atomic mass is 10.0. The topological polar surface area (TPSA) is 70.9 Å². The highest BCUT2D eigenvalue weighted by Gasteiger charge is 2.27. The molecule has 5 nitrogen and oxygen atoms in total. The summed E-state index contributed by atoms with van der Waals surface area (Å²) in [6.07, 6.45) is 1.01. The Balaban J connectivity index is 1.71. The van der Waals surface area contributed by atoms with Crippen molar-refractivity contribution >= 4 is 33.2 Å². The molecule has 0 bridgehead atoms. The zero-order valence-corrected chi connectivity index (χ0v) is 14.2. The SMILES string of the molecule is C[NH+]1CCc2[nH+]c3sc(C(=O)Oc4ccccc4)c(N)c3cc2C1. The number of carbonyl (C=O) groups excluding carboxylic acids is 1. The number of nitrogens with two attached hydrogens (primary N) is 1. The molecule has 122 valence electrons. The number of carbonyl (C=O) groups is 1. The van der Waals surface area contributed by atoms with Crippen LogP contribution in [0.5, 0.6) is 5.75 Å². The van der Waals surface area contributed by atoms with Crippen molar-refractivity contribution in [3.63, 3.8) is 0 Å². The van der Waals surface area contributed by atoms with E-state index in [1.807, 2.05) is 18.2 Å². The molecule has 1 aliphatic heterocycles. The molecule has 1 atom stereocenters. The average Bonchev–Trinajstić information content (AvgIpc) is 2.90. The van der Waals surface area contributed by atoms with E-state index in [-0.39, 0.29) is 0 Å². The van der Waals surface area contributed by atoms with Gasteiger partial charge in [0.25, 0.3) is 4.83 Å². The first-order valence-corrected chi connectivity index (χ1v) is 8.78. The Hall–Kier alpha value is -2.44. The first-order valence-electron chi connectivity index (χ1n) is 7.96. The van der Waals surface area contributed by atoms with Crippen LogP contribution < -0.4 is 20.4 Å². The minimum atomic E-state index is -0.408. The number of nitrogens with one attached hydrogen (secondary N) is 2. The number of benzene rings is 1. The fraction of sp³-hybridized carbons (Fsp3) is 0.222. The fourth-order valence-corrected chi connectivity index (χ4v) is 4.10. The largest absolute Gasteiger partial charge is 0.422 e. The van der Waals surface area contributed by atoms with E-state index in [1.165, 1.54) is 27.5 Å². The van der Waals surface area contributed by atoms with Crippen molar-refractivity contribution in [3.8, 4) is 5.75 Å². The molecule has 6 heteroatoms. The van der Waals surface area contributed by atoms with Gasteiger partial charge in [0.2, 0.25) is 0 Å². The number of para-hydroxylation sites is 1. The minimum Gasteiger partial charge on any atom is -0.422 e. The number of hydrogen-bond acceptors (Lipinski definition) is 4. The Labute approximate surface area is 143 Å². The van der Waals surface area contributed by atoms with Crippen LogP contribution in [0.15, 0.2) is 36.4 Å². The maximum Gasteiger partial charge on any atom is 0.356 e. The molecular weight excluding hydrogens is 322 g/mol. The van der Waals surface area contributed by atoms with Gasteiger partial charge in [0, 0.05) is 0 Å². The Morgan fingerprint density at radius 3 is 2.92 bits per heavy atom. The number of rotatable bonds is 2. The highest BCUT2D eigenvalue weighted by atomic mass is 32.1. The highest BCUT2D eigenvalue weighted by molar-refractivity contribution is 7.20. The van der Waals surface area contributed by atoms with Crippen molar-refractivity contribution in [2.24, 2.45) is 0 Å². The summed E-state index contributed by atoms with van der Waals surface area (Å²) in [6.45, 7) is 2.08. The first kappa shape index (κ1) is 15.1. The molecule has 0 radical (unpaired) electrons. The number of hydrogen-bond donors (Lipinski definition) is 2. The van der Waals surface area contributed by atoms with Gasteiger partial charge in [-0.1, -0.05) is 29.5 Å². The molecule has 24 heavy (non-hydrogen) atoms. The van der Waals surface area contributed by atoms with E-state index >= 15 is 0 Å². The number of ether oxygens (including phenoxy) is 1.